The van der Waals surface area contributed by atoms with Gasteiger partial charge in [-0.2, -0.15) is 4.98 Å². The fourth-order valence-corrected chi connectivity index (χ4v) is 6.19. The number of hydrogen-bond acceptors (Lipinski definition) is 9. The van der Waals surface area contributed by atoms with Crippen LogP contribution in [0.25, 0.3) is 0 Å². The summed E-state index contributed by atoms with van der Waals surface area (Å²) in [6.45, 7) is 5.95. The van der Waals surface area contributed by atoms with Gasteiger partial charge in [0.25, 0.3) is 0 Å². The first-order chi connectivity index (χ1) is 16.6. The average molecular weight is 463 g/mol. The summed E-state index contributed by atoms with van der Waals surface area (Å²) in [6.07, 6.45) is 10.2. The van der Waals surface area contributed by atoms with Crippen LogP contribution in [-0.4, -0.2) is 83.5 Å². The van der Waals surface area contributed by atoms with Crippen molar-refractivity contribution in [2.75, 3.05) is 61.4 Å². The largest absolute Gasteiger partial charge is 0.368 e. The molecule has 0 radical (unpaired) electrons. The topological polar surface area (TPSA) is 89.5 Å². The number of likely N-dealkylation sites (N-methyl/N-ethyl adjacent to an activating group) is 1. The van der Waals surface area contributed by atoms with Crippen LogP contribution in [0.15, 0.2) is 24.5 Å². The molecule has 3 aliphatic heterocycles. The predicted octanol–water partition coefficient (Wildman–Crippen LogP) is 2.43. The summed E-state index contributed by atoms with van der Waals surface area (Å²) < 4.78 is 0. The standard InChI is InChI=1S/C25H34N8O/c1-31-9-11-32(12-10-31)18-5-6-22(27-15-18)29-24-28-16-20-21(34)13-19-14-26-17-25(7-3-2-4-8-25)33(19)23(20)30-24/h5-6,15-16,19,26H,2-4,7-14,17H2,1H3,(H,27,28,29,30). The molecule has 5 heterocycles. The molecule has 2 saturated heterocycles. The molecule has 3 fully saturated rings. The molecule has 9 heteroatoms. The number of Topliss-reactive ketones (excluding diaryl/α,β-unsaturated/α-hetero) is 1. The molecule has 4 aliphatic rings. The van der Waals surface area contributed by atoms with Gasteiger partial charge < -0.3 is 25.3 Å². The van der Waals surface area contributed by atoms with Crippen molar-refractivity contribution in [1.29, 1.82) is 0 Å². The van der Waals surface area contributed by atoms with Crippen molar-refractivity contribution < 1.29 is 4.79 Å². The molecule has 2 aromatic rings. The molecule has 1 atom stereocenters. The Morgan fingerprint density at radius 2 is 1.88 bits per heavy atom. The Hall–Kier alpha value is -2.78. The maximum absolute atomic E-state index is 12.9. The Bertz CT molecular complexity index is 1040. The van der Waals surface area contributed by atoms with Gasteiger partial charge in [-0.05, 0) is 32.0 Å². The Labute approximate surface area is 201 Å². The van der Waals surface area contributed by atoms with Crippen molar-refractivity contribution in [2.45, 2.75) is 50.1 Å². The summed E-state index contributed by atoms with van der Waals surface area (Å²) in [7, 11) is 2.16. The fourth-order valence-electron chi connectivity index (χ4n) is 6.19. The molecule has 180 valence electrons. The van der Waals surface area contributed by atoms with Gasteiger partial charge in [0.1, 0.15) is 11.6 Å². The highest BCUT2D eigenvalue weighted by molar-refractivity contribution is 6.03. The van der Waals surface area contributed by atoms with Crippen molar-refractivity contribution in [1.82, 2.24) is 25.2 Å². The van der Waals surface area contributed by atoms with Crippen molar-refractivity contribution in [3.63, 3.8) is 0 Å². The monoisotopic (exact) mass is 462 g/mol. The molecule has 2 aromatic heterocycles. The van der Waals surface area contributed by atoms with Gasteiger partial charge in [0.15, 0.2) is 5.78 Å². The van der Waals surface area contributed by atoms with Gasteiger partial charge in [-0.1, -0.05) is 19.3 Å². The van der Waals surface area contributed by atoms with Crippen molar-refractivity contribution in [3.8, 4) is 0 Å². The predicted molar refractivity (Wildman–Crippen MR) is 133 cm³/mol. The van der Waals surface area contributed by atoms with Crippen molar-refractivity contribution in [2.24, 2.45) is 0 Å². The SMILES string of the molecule is CN1CCN(c2ccc(Nc3ncc4c(n3)N3C(CNCC35CCCCC5)CC4=O)nc2)CC1. The third-order valence-corrected chi connectivity index (χ3v) is 8.07. The van der Waals surface area contributed by atoms with Crippen LogP contribution >= 0.6 is 0 Å². The lowest BCUT2D eigenvalue weighted by molar-refractivity contribution is 0.0940. The number of pyridine rings is 1. The maximum Gasteiger partial charge on any atom is 0.230 e. The van der Waals surface area contributed by atoms with E-state index in [-0.39, 0.29) is 17.4 Å². The molecular formula is C25H34N8O. The zero-order valence-electron chi connectivity index (χ0n) is 20.0. The van der Waals surface area contributed by atoms with Gasteiger partial charge in [-0.3, -0.25) is 4.79 Å². The second-order valence-corrected chi connectivity index (χ2v) is 10.3. The molecule has 34 heavy (non-hydrogen) atoms. The maximum atomic E-state index is 12.9. The van der Waals surface area contributed by atoms with Crippen molar-refractivity contribution >= 4 is 29.1 Å². The Morgan fingerprint density at radius 1 is 1.06 bits per heavy atom. The van der Waals surface area contributed by atoms with E-state index in [2.05, 4.69) is 48.4 Å². The van der Waals surface area contributed by atoms with Crippen LogP contribution in [-0.2, 0) is 0 Å². The minimum absolute atomic E-state index is 0.0463. The Morgan fingerprint density at radius 3 is 2.65 bits per heavy atom. The molecule has 6 rings (SSSR count). The van der Waals surface area contributed by atoms with E-state index in [1.807, 2.05) is 12.3 Å². The lowest BCUT2D eigenvalue weighted by atomic mass is 9.76. The summed E-state index contributed by atoms with van der Waals surface area (Å²) in [5.74, 6) is 2.16. The van der Waals surface area contributed by atoms with Crippen LogP contribution < -0.4 is 20.4 Å². The lowest BCUT2D eigenvalue weighted by Gasteiger charge is -2.55. The Balaban J connectivity index is 1.25. The normalized spacial score (nSPS) is 24.6. The van der Waals surface area contributed by atoms with Gasteiger partial charge in [-0.25, -0.2) is 9.97 Å². The number of nitrogens with zero attached hydrogens (tertiary/aromatic N) is 6. The highest BCUT2D eigenvalue weighted by Gasteiger charge is 2.48. The zero-order chi connectivity index (χ0) is 23.1. The number of piperazine rings is 2. The lowest BCUT2D eigenvalue weighted by Crippen LogP contribution is -2.68. The molecule has 9 nitrogen and oxygen atoms in total. The molecule has 2 N–H and O–H groups in total. The second-order valence-electron chi connectivity index (χ2n) is 10.3. The van der Waals surface area contributed by atoms with Crippen LogP contribution in [0.3, 0.4) is 0 Å². The summed E-state index contributed by atoms with van der Waals surface area (Å²) in [5.41, 5.74) is 1.84. The third-order valence-electron chi connectivity index (χ3n) is 8.07. The number of aromatic nitrogens is 3. The number of ketones is 1. The molecule has 1 saturated carbocycles. The first-order valence-electron chi connectivity index (χ1n) is 12.7. The summed E-state index contributed by atoms with van der Waals surface area (Å²) in [5, 5.41) is 6.89. The van der Waals surface area contributed by atoms with Crippen molar-refractivity contribution in [3.05, 3.63) is 30.1 Å². The molecule has 0 bridgehead atoms. The summed E-state index contributed by atoms with van der Waals surface area (Å²) in [4.78, 5) is 34.1. The van der Waals surface area contributed by atoms with E-state index in [1.54, 1.807) is 6.20 Å². The van der Waals surface area contributed by atoms with E-state index in [4.69, 9.17) is 4.98 Å². The average Bonchev–Trinajstić information content (AvgIpc) is 2.86. The minimum Gasteiger partial charge on any atom is -0.368 e. The van der Waals surface area contributed by atoms with E-state index < -0.39 is 0 Å². The number of hydrogen-bond donors (Lipinski definition) is 2. The minimum atomic E-state index is 0.0463. The highest BCUT2D eigenvalue weighted by Crippen LogP contribution is 2.43. The first-order valence-corrected chi connectivity index (χ1v) is 12.7. The number of carbonyl (C=O) groups is 1. The van der Waals surface area contributed by atoms with E-state index in [0.29, 0.717) is 23.8 Å². The first kappa shape index (κ1) is 21.7. The van der Waals surface area contributed by atoms with E-state index >= 15 is 0 Å². The molecule has 0 aromatic carbocycles. The quantitative estimate of drug-likeness (QED) is 0.714. The molecule has 0 amide bonds. The molecule has 1 spiro atoms. The number of carbonyl (C=O) groups excluding carboxylic acids is 1. The van der Waals surface area contributed by atoms with Gasteiger partial charge in [0, 0.05) is 51.9 Å². The zero-order valence-corrected chi connectivity index (χ0v) is 20.0. The van der Waals surface area contributed by atoms with Crippen LogP contribution in [0, 0.1) is 0 Å². The second kappa shape index (κ2) is 8.78. The van der Waals surface area contributed by atoms with Gasteiger partial charge in [-0.15, -0.1) is 0 Å². The van der Waals surface area contributed by atoms with E-state index in [0.717, 1.165) is 63.6 Å². The molecule has 1 unspecified atom stereocenters. The number of fused-ring (bicyclic) bond motifs is 4. The molecular weight excluding hydrogens is 428 g/mol. The van der Waals surface area contributed by atoms with Crippen LogP contribution in [0.1, 0.15) is 48.9 Å². The van der Waals surface area contributed by atoms with E-state index in [9.17, 15) is 4.79 Å². The van der Waals surface area contributed by atoms with Gasteiger partial charge in [0.05, 0.1) is 29.0 Å². The van der Waals surface area contributed by atoms with Gasteiger partial charge >= 0.3 is 0 Å². The summed E-state index contributed by atoms with van der Waals surface area (Å²) >= 11 is 0. The van der Waals surface area contributed by atoms with Crippen LogP contribution in [0.5, 0.6) is 0 Å². The summed E-state index contributed by atoms with van der Waals surface area (Å²) in [6, 6.07) is 4.25. The molecule has 1 aliphatic carbocycles. The van der Waals surface area contributed by atoms with E-state index in [1.165, 1.54) is 19.3 Å². The van der Waals surface area contributed by atoms with Crippen LogP contribution in [0.4, 0.5) is 23.3 Å². The Kier molecular flexibility index (Phi) is 5.61. The number of anilines is 4. The van der Waals surface area contributed by atoms with Gasteiger partial charge in [0.2, 0.25) is 5.95 Å². The fraction of sp³-hybridized carbons (Fsp3) is 0.600. The smallest absolute Gasteiger partial charge is 0.230 e. The third kappa shape index (κ3) is 3.90. The highest BCUT2D eigenvalue weighted by atomic mass is 16.1. The van der Waals surface area contributed by atoms with Crippen LogP contribution in [0.2, 0.25) is 0 Å². The number of nitrogens with one attached hydrogen (secondary N) is 2. The number of rotatable bonds is 3.